The summed E-state index contributed by atoms with van der Waals surface area (Å²) >= 11 is 0. The fourth-order valence-electron chi connectivity index (χ4n) is 3.87. The van der Waals surface area contributed by atoms with Crippen molar-refractivity contribution in [3.63, 3.8) is 0 Å². The van der Waals surface area contributed by atoms with Gasteiger partial charge in [-0.1, -0.05) is 42.5 Å². The Hall–Kier alpha value is -2.57. The maximum atomic E-state index is 6.12. The van der Waals surface area contributed by atoms with Gasteiger partial charge in [-0.2, -0.15) is 0 Å². The molecule has 0 bridgehead atoms. The van der Waals surface area contributed by atoms with Crippen LogP contribution in [0.2, 0.25) is 0 Å². The summed E-state index contributed by atoms with van der Waals surface area (Å²) in [5.41, 5.74) is 3.50. The Balaban J connectivity index is 1.56. The van der Waals surface area contributed by atoms with E-state index >= 15 is 0 Å². The van der Waals surface area contributed by atoms with Gasteiger partial charge in [0, 0.05) is 45.3 Å². The summed E-state index contributed by atoms with van der Waals surface area (Å²) in [6.07, 6.45) is 2.35. The van der Waals surface area contributed by atoms with Gasteiger partial charge < -0.3 is 24.8 Å². The normalized spacial score (nSPS) is 19.1. The molecule has 0 spiro atoms. The molecule has 2 atom stereocenters. The number of nitrogens with one attached hydrogen (secondary N) is 2. The van der Waals surface area contributed by atoms with Crippen LogP contribution in [0.15, 0.2) is 53.5 Å². The van der Waals surface area contributed by atoms with Gasteiger partial charge in [-0.05, 0) is 37.0 Å². The number of ether oxygens (including phenoxy) is 3. The van der Waals surface area contributed by atoms with E-state index in [4.69, 9.17) is 14.2 Å². The lowest BCUT2D eigenvalue weighted by Gasteiger charge is -2.32. The van der Waals surface area contributed by atoms with Crippen LogP contribution >= 0.6 is 0 Å². The van der Waals surface area contributed by atoms with Crippen LogP contribution in [0.3, 0.4) is 0 Å². The molecule has 1 heterocycles. The van der Waals surface area contributed by atoms with Gasteiger partial charge in [0.05, 0.1) is 12.7 Å². The number of nitrogens with zero attached hydrogens (tertiary/aromatic N) is 1. The summed E-state index contributed by atoms with van der Waals surface area (Å²) in [4.78, 5) is 4.40. The molecule has 2 unspecified atom stereocenters. The van der Waals surface area contributed by atoms with E-state index in [0.29, 0.717) is 25.7 Å². The second kappa shape index (κ2) is 12.3. The molecule has 0 saturated carbocycles. The predicted octanol–water partition coefficient (Wildman–Crippen LogP) is 3.85. The van der Waals surface area contributed by atoms with Crippen LogP contribution in [-0.4, -0.2) is 46.5 Å². The number of guanidine groups is 1. The summed E-state index contributed by atoms with van der Waals surface area (Å²) in [5.74, 6) is 2.06. The number of hydrogen-bond donors (Lipinski definition) is 2. The minimum absolute atomic E-state index is 0.124. The molecule has 1 aliphatic rings. The van der Waals surface area contributed by atoms with E-state index < -0.39 is 0 Å². The standard InChI is InChI=1S/C25H35N3O3/c1-19-11-12-21(23(16-19)30-15-14-29-3)17-27-25(26-2)28-18-22-10-7-13-31-24(22)20-8-5-4-6-9-20/h4-6,8-9,11-12,16,22,24H,7,10,13-15,17-18H2,1-3H3,(H2,26,27,28). The van der Waals surface area contributed by atoms with E-state index in [2.05, 4.69) is 65.0 Å². The summed E-state index contributed by atoms with van der Waals surface area (Å²) in [5, 5.41) is 6.91. The first kappa shape index (κ1) is 23.1. The van der Waals surface area contributed by atoms with Gasteiger partial charge in [0.1, 0.15) is 12.4 Å². The van der Waals surface area contributed by atoms with E-state index in [1.54, 1.807) is 14.2 Å². The number of aryl methyl sites for hydroxylation is 1. The maximum absolute atomic E-state index is 6.12. The second-order valence-electron chi connectivity index (χ2n) is 7.86. The highest BCUT2D eigenvalue weighted by Crippen LogP contribution is 2.33. The Morgan fingerprint density at radius 1 is 1.13 bits per heavy atom. The topological polar surface area (TPSA) is 64.1 Å². The molecule has 6 nitrogen and oxygen atoms in total. The van der Waals surface area contributed by atoms with E-state index in [9.17, 15) is 0 Å². The van der Waals surface area contributed by atoms with Gasteiger partial charge in [-0.25, -0.2) is 0 Å². The molecule has 6 heteroatoms. The van der Waals surface area contributed by atoms with Crippen molar-refractivity contribution in [2.75, 3.05) is 40.5 Å². The predicted molar refractivity (Wildman–Crippen MR) is 125 cm³/mol. The summed E-state index contributed by atoms with van der Waals surface area (Å²) in [6, 6.07) is 16.8. The van der Waals surface area contributed by atoms with Gasteiger partial charge in [0.15, 0.2) is 5.96 Å². The first-order valence-corrected chi connectivity index (χ1v) is 11.0. The minimum Gasteiger partial charge on any atom is -0.491 e. The van der Waals surface area contributed by atoms with Crippen molar-refractivity contribution in [1.29, 1.82) is 0 Å². The number of benzene rings is 2. The van der Waals surface area contributed by atoms with E-state index in [0.717, 1.165) is 43.3 Å². The largest absolute Gasteiger partial charge is 0.491 e. The summed E-state index contributed by atoms with van der Waals surface area (Å²) < 4.78 is 17.1. The van der Waals surface area contributed by atoms with Crippen LogP contribution in [0.25, 0.3) is 0 Å². The number of methoxy groups -OCH3 is 1. The van der Waals surface area contributed by atoms with Crippen molar-refractivity contribution in [2.24, 2.45) is 10.9 Å². The summed E-state index contributed by atoms with van der Waals surface area (Å²) in [6.45, 7) is 5.42. The Kier molecular flexibility index (Phi) is 9.18. The average molecular weight is 426 g/mol. The van der Waals surface area contributed by atoms with Crippen LogP contribution < -0.4 is 15.4 Å². The molecule has 2 aromatic rings. The van der Waals surface area contributed by atoms with E-state index in [-0.39, 0.29) is 6.10 Å². The molecule has 0 radical (unpaired) electrons. The van der Waals surface area contributed by atoms with E-state index in [1.165, 1.54) is 11.1 Å². The van der Waals surface area contributed by atoms with Gasteiger partial charge >= 0.3 is 0 Å². The molecule has 0 amide bonds. The van der Waals surface area contributed by atoms with Crippen LogP contribution in [0.1, 0.15) is 35.6 Å². The van der Waals surface area contributed by atoms with Crippen molar-refractivity contribution in [3.8, 4) is 5.75 Å². The van der Waals surface area contributed by atoms with Crippen LogP contribution in [-0.2, 0) is 16.0 Å². The van der Waals surface area contributed by atoms with Crippen molar-refractivity contribution < 1.29 is 14.2 Å². The average Bonchev–Trinajstić information content (AvgIpc) is 2.81. The second-order valence-corrected chi connectivity index (χ2v) is 7.86. The zero-order valence-electron chi connectivity index (χ0n) is 18.9. The molecule has 1 saturated heterocycles. The Morgan fingerprint density at radius 2 is 1.97 bits per heavy atom. The first-order valence-electron chi connectivity index (χ1n) is 11.0. The molecule has 31 heavy (non-hydrogen) atoms. The highest BCUT2D eigenvalue weighted by Gasteiger charge is 2.27. The lowest BCUT2D eigenvalue weighted by molar-refractivity contribution is -0.0265. The van der Waals surface area contributed by atoms with Gasteiger partial charge in [0.2, 0.25) is 0 Å². The lowest BCUT2D eigenvalue weighted by Crippen LogP contribution is -2.41. The highest BCUT2D eigenvalue weighted by molar-refractivity contribution is 5.79. The molecule has 168 valence electrons. The molecule has 2 N–H and O–H groups in total. The number of rotatable bonds is 9. The zero-order valence-corrected chi connectivity index (χ0v) is 18.9. The van der Waals surface area contributed by atoms with Crippen LogP contribution in [0.5, 0.6) is 5.75 Å². The van der Waals surface area contributed by atoms with E-state index in [1.807, 2.05) is 6.07 Å². The Bertz CT molecular complexity index is 826. The molecule has 1 fully saturated rings. The van der Waals surface area contributed by atoms with Crippen molar-refractivity contribution in [1.82, 2.24) is 10.6 Å². The SMILES string of the molecule is CN=C(NCc1ccc(C)cc1OCCOC)NCC1CCCOC1c1ccccc1. The third-order valence-corrected chi connectivity index (χ3v) is 5.54. The number of aliphatic imine (C=N–C) groups is 1. The monoisotopic (exact) mass is 425 g/mol. The third-order valence-electron chi connectivity index (χ3n) is 5.54. The van der Waals surface area contributed by atoms with Crippen LogP contribution in [0.4, 0.5) is 0 Å². The molecule has 0 aromatic heterocycles. The van der Waals surface area contributed by atoms with Crippen molar-refractivity contribution in [2.45, 2.75) is 32.4 Å². The Morgan fingerprint density at radius 3 is 2.74 bits per heavy atom. The molecule has 2 aromatic carbocycles. The van der Waals surface area contributed by atoms with Crippen molar-refractivity contribution in [3.05, 3.63) is 65.2 Å². The molecular weight excluding hydrogens is 390 g/mol. The van der Waals surface area contributed by atoms with Gasteiger partial charge in [0.25, 0.3) is 0 Å². The molecule has 0 aliphatic carbocycles. The van der Waals surface area contributed by atoms with Gasteiger partial charge in [-0.15, -0.1) is 0 Å². The fraction of sp³-hybridized carbons (Fsp3) is 0.480. The Labute approximate surface area is 186 Å². The number of hydrogen-bond acceptors (Lipinski definition) is 4. The first-order chi connectivity index (χ1) is 15.2. The zero-order chi connectivity index (χ0) is 21.9. The highest BCUT2D eigenvalue weighted by atomic mass is 16.5. The molecular formula is C25H35N3O3. The maximum Gasteiger partial charge on any atom is 0.191 e. The van der Waals surface area contributed by atoms with Gasteiger partial charge in [-0.3, -0.25) is 4.99 Å². The van der Waals surface area contributed by atoms with Crippen molar-refractivity contribution >= 4 is 5.96 Å². The fourth-order valence-corrected chi connectivity index (χ4v) is 3.87. The third kappa shape index (κ3) is 6.97. The molecule has 3 rings (SSSR count). The molecule has 1 aliphatic heterocycles. The smallest absolute Gasteiger partial charge is 0.191 e. The minimum atomic E-state index is 0.124. The summed E-state index contributed by atoms with van der Waals surface area (Å²) in [7, 11) is 3.48. The van der Waals surface area contributed by atoms with Crippen LogP contribution in [0, 0.1) is 12.8 Å². The lowest BCUT2D eigenvalue weighted by atomic mass is 9.89. The quantitative estimate of drug-likeness (QED) is 0.363.